The molecule has 0 aliphatic carbocycles. The number of hydrogen-bond donors (Lipinski definition) is 1. The Balaban J connectivity index is 4.02. The van der Waals surface area contributed by atoms with Gasteiger partial charge in [-0.15, -0.1) is 0 Å². The molecular formula is C11H22F3NO2S. The number of rotatable bonds is 7. The normalized spacial score (nSPS) is 15.7. The Morgan fingerprint density at radius 1 is 1.22 bits per heavy atom. The van der Waals surface area contributed by atoms with Gasteiger partial charge in [-0.3, -0.25) is 0 Å². The van der Waals surface area contributed by atoms with Gasteiger partial charge in [-0.1, -0.05) is 0 Å². The van der Waals surface area contributed by atoms with Crippen molar-refractivity contribution in [3.05, 3.63) is 0 Å². The number of hydrogen-bond acceptors (Lipinski definition) is 3. The molecule has 0 rings (SSSR count). The van der Waals surface area contributed by atoms with Gasteiger partial charge in [0.2, 0.25) is 0 Å². The molecule has 110 valence electrons. The lowest BCUT2D eigenvalue weighted by atomic mass is 10.1. The topological polar surface area (TPSA) is 46.2 Å². The minimum atomic E-state index is -4.12. The van der Waals surface area contributed by atoms with E-state index >= 15 is 0 Å². The van der Waals surface area contributed by atoms with Crippen LogP contribution in [0.4, 0.5) is 13.2 Å². The molecule has 1 atom stereocenters. The molecule has 1 N–H and O–H groups in total. The fourth-order valence-corrected chi connectivity index (χ4v) is 1.61. The highest BCUT2D eigenvalue weighted by atomic mass is 32.2. The van der Waals surface area contributed by atoms with Crippen LogP contribution in [0.15, 0.2) is 0 Å². The van der Waals surface area contributed by atoms with Gasteiger partial charge in [-0.25, -0.2) is 8.42 Å². The molecule has 3 nitrogen and oxygen atoms in total. The maximum absolute atomic E-state index is 11.9. The summed E-state index contributed by atoms with van der Waals surface area (Å²) in [5, 5.41) is 2.97. The number of alkyl halides is 3. The zero-order valence-electron chi connectivity index (χ0n) is 11.3. The van der Waals surface area contributed by atoms with E-state index in [-0.39, 0.29) is 19.0 Å². The van der Waals surface area contributed by atoms with E-state index in [4.69, 9.17) is 0 Å². The van der Waals surface area contributed by atoms with Crippen molar-refractivity contribution < 1.29 is 21.6 Å². The molecule has 0 bridgehead atoms. The molecule has 1 unspecified atom stereocenters. The molecule has 0 saturated carbocycles. The monoisotopic (exact) mass is 289 g/mol. The highest BCUT2D eigenvalue weighted by Gasteiger charge is 2.30. The van der Waals surface area contributed by atoms with Crippen molar-refractivity contribution in [1.29, 1.82) is 0 Å². The summed E-state index contributed by atoms with van der Waals surface area (Å²) in [6, 6.07) is -0.131. The number of nitrogens with one attached hydrogen (secondary N) is 1. The predicted molar refractivity (Wildman–Crippen MR) is 66.3 cm³/mol. The van der Waals surface area contributed by atoms with Crippen molar-refractivity contribution >= 4 is 9.84 Å². The fraction of sp³-hybridized carbons (Fsp3) is 1.00. The van der Waals surface area contributed by atoms with Crippen molar-refractivity contribution in [2.24, 2.45) is 0 Å². The molecule has 0 fully saturated rings. The van der Waals surface area contributed by atoms with E-state index in [1.165, 1.54) is 0 Å². The standard InChI is InChI=1S/C11H22F3NO2S/c1-9(6-5-7-11(12,13)14)15-8-10(2,3)18(4,16)17/h9,15H,5-8H2,1-4H3. The summed E-state index contributed by atoms with van der Waals surface area (Å²) in [5.74, 6) is 0. The Morgan fingerprint density at radius 2 is 1.72 bits per heavy atom. The average molecular weight is 289 g/mol. The van der Waals surface area contributed by atoms with Crippen LogP contribution in [0, 0.1) is 0 Å². The van der Waals surface area contributed by atoms with Crippen molar-refractivity contribution in [1.82, 2.24) is 5.32 Å². The molecule has 0 aliphatic rings. The number of sulfone groups is 1. The third kappa shape index (κ3) is 7.20. The summed E-state index contributed by atoms with van der Waals surface area (Å²) >= 11 is 0. The first-order valence-corrected chi connectivity index (χ1v) is 7.74. The van der Waals surface area contributed by atoms with Crippen LogP contribution >= 0.6 is 0 Å². The van der Waals surface area contributed by atoms with Crippen molar-refractivity contribution in [3.63, 3.8) is 0 Å². The van der Waals surface area contributed by atoms with E-state index in [0.29, 0.717) is 6.42 Å². The lowest BCUT2D eigenvalue weighted by Gasteiger charge is -2.25. The van der Waals surface area contributed by atoms with Crippen molar-refractivity contribution in [2.75, 3.05) is 12.8 Å². The zero-order valence-corrected chi connectivity index (χ0v) is 12.1. The molecule has 0 spiro atoms. The maximum Gasteiger partial charge on any atom is 0.389 e. The van der Waals surface area contributed by atoms with Crippen LogP contribution in [0.1, 0.15) is 40.0 Å². The highest BCUT2D eigenvalue weighted by Crippen LogP contribution is 2.22. The van der Waals surface area contributed by atoms with Gasteiger partial charge < -0.3 is 5.32 Å². The lowest BCUT2D eigenvalue weighted by Crippen LogP contribution is -2.44. The molecule has 0 aromatic heterocycles. The number of halogens is 3. The fourth-order valence-electron chi connectivity index (χ4n) is 1.26. The van der Waals surface area contributed by atoms with Crippen LogP contribution in [0.5, 0.6) is 0 Å². The molecule has 0 saturated heterocycles. The molecule has 7 heteroatoms. The van der Waals surface area contributed by atoms with Crippen molar-refractivity contribution in [2.45, 2.75) is 57.0 Å². The smallest absolute Gasteiger partial charge is 0.313 e. The SMILES string of the molecule is CC(CCCC(F)(F)F)NCC(C)(C)S(C)(=O)=O. The van der Waals surface area contributed by atoms with E-state index in [0.717, 1.165) is 6.26 Å². The summed E-state index contributed by atoms with van der Waals surface area (Å²) in [6.07, 6.45) is -3.33. The lowest BCUT2D eigenvalue weighted by molar-refractivity contribution is -0.135. The van der Waals surface area contributed by atoms with Crippen LogP contribution in [-0.2, 0) is 9.84 Å². The van der Waals surface area contributed by atoms with Gasteiger partial charge >= 0.3 is 6.18 Å². The molecular weight excluding hydrogens is 267 g/mol. The molecule has 0 aromatic rings. The Bertz CT molecular complexity index is 350. The van der Waals surface area contributed by atoms with Gasteiger partial charge in [0.15, 0.2) is 9.84 Å². The first-order valence-electron chi connectivity index (χ1n) is 5.85. The molecule has 0 amide bonds. The summed E-state index contributed by atoms with van der Waals surface area (Å²) in [4.78, 5) is 0. The summed E-state index contributed by atoms with van der Waals surface area (Å²) in [7, 11) is -3.18. The second kappa shape index (κ2) is 6.23. The van der Waals surface area contributed by atoms with Gasteiger partial charge in [0.25, 0.3) is 0 Å². The minimum Gasteiger partial charge on any atom is -0.313 e. The Morgan fingerprint density at radius 3 is 2.11 bits per heavy atom. The molecule has 18 heavy (non-hydrogen) atoms. The second-order valence-electron chi connectivity index (χ2n) is 5.32. The predicted octanol–water partition coefficient (Wildman–Crippen LogP) is 2.52. The summed E-state index contributed by atoms with van der Waals surface area (Å²) in [6.45, 7) is 5.18. The maximum atomic E-state index is 11.9. The summed E-state index contributed by atoms with van der Waals surface area (Å²) < 4.78 is 57.7. The zero-order chi connectivity index (χ0) is 14.6. The van der Waals surface area contributed by atoms with Crippen molar-refractivity contribution in [3.8, 4) is 0 Å². The second-order valence-corrected chi connectivity index (χ2v) is 7.97. The molecule has 0 radical (unpaired) electrons. The molecule has 0 heterocycles. The van der Waals surface area contributed by atoms with Gasteiger partial charge in [-0.2, -0.15) is 13.2 Å². The van der Waals surface area contributed by atoms with E-state index in [1.807, 2.05) is 0 Å². The third-order valence-electron chi connectivity index (χ3n) is 2.98. The van der Waals surface area contributed by atoms with Gasteiger partial charge in [-0.05, 0) is 33.6 Å². The Kier molecular flexibility index (Phi) is 6.13. The quantitative estimate of drug-likeness (QED) is 0.783. The van der Waals surface area contributed by atoms with E-state index < -0.39 is 27.2 Å². The van der Waals surface area contributed by atoms with Crippen LogP contribution in [0.25, 0.3) is 0 Å². The third-order valence-corrected chi connectivity index (χ3v) is 5.13. The van der Waals surface area contributed by atoms with Crippen LogP contribution in [-0.4, -0.2) is 38.2 Å². The first kappa shape index (κ1) is 17.7. The first-order chi connectivity index (χ1) is 7.85. The van der Waals surface area contributed by atoms with E-state index in [9.17, 15) is 21.6 Å². The van der Waals surface area contributed by atoms with E-state index in [2.05, 4.69) is 5.32 Å². The Hall–Kier alpha value is -0.300. The van der Waals surface area contributed by atoms with Gasteiger partial charge in [0.1, 0.15) is 0 Å². The average Bonchev–Trinajstić information content (AvgIpc) is 2.11. The van der Waals surface area contributed by atoms with Crippen LogP contribution in [0.3, 0.4) is 0 Å². The van der Waals surface area contributed by atoms with Gasteiger partial charge in [0, 0.05) is 25.3 Å². The van der Waals surface area contributed by atoms with E-state index in [1.54, 1.807) is 20.8 Å². The largest absolute Gasteiger partial charge is 0.389 e. The Labute approximate surface area is 107 Å². The highest BCUT2D eigenvalue weighted by molar-refractivity contribution is 7.92. The minimum absolute atomic E-state index is 0.0525. The van der Waals surface area contributed by atoms with Crippen LogP contribution in [0.2, 0.25) is 0 Å². The molecule has 0 aromatic carbocycles. The van der Waals surface area contributed by atoms with Crippen LogP contribution < -0.4 is 5.32 Å². The van der Waals surface area contributed by atoms with Gasteiger partial charge in [0.05, 0.1) is 4.75 Å². The summed E-state index contributed by atoms with van der Waals surface area (Å²) in [5.41, 5.74) is 0. The molecule has 0 aliphatic heterocycles.